The maximum absolute atomic E-state index is 13.4. The minimum absolute atomic E-state index is 0.0337. The molecule has 1 aromatic carbocycles. The van der Waals surface area contributed by atoms with Crippen LogP contribution in [0.3, 0.4) is 0 Å². The Labute approximate surface area is 126 Å². The summed E-state index contributed by atoms with van der Waals surface area (Å²) < 4.78 is 41.3. The van der Waals surface area contributed by atoms with Gasteiger partial charge in [-0.2, -0.15) is 0 Å². The zero-order chi connectivity index (χ0) is 15.5. The van der Waals surface area contributed by atoms with Gasteiger partial charge in [-0.3, -0.25) is 4.79 Å². The summed E-state index contributed by atoms with van der Waals surface area (Å²) >= 11 is 0. The topological polar surface area (TPSA) is 72.5 Å². The summed E-state index contributed by atoms with van der Waals surface area (Å²) in [4.78, 5) is 11.2. The highest BCUT2D eigenvalue weighted by atomic mass is 35.7. The van der Waals surface area contributed by atoms with Crippen LogP contribution >= 0.6 is 10.7 Å². The fraction of sp³-hybridized carbons (Fsp3) is 0.462. The largest absolute Gasteiger partial charge is 0.376 e. The van der Waals surface area contributed by atoms with E-state index in [1.807, 2.05) is 0 Å². The van der Waals surface area contributed by atoms with Gasteiger partial charge in [-0.25, -0.2) is 12.8 Å². The van der Waals surface area contributed by atoms with Crippen LogP contribution in [0.15, 0.2) is 23.1 Å². The molecule has 0 radical (unpaired) electrons. The van der Waals surface area contributed by atoms with Crippen LogP contribution in [0.1, 0.15) is 29.6 Å². The first-order valence-corrected chi connectivity index (χ1v) is 8.83. The minimum atomic E-state index is -4.23. The summed E-state index contributed by atoms with van der Waals surface area (Å²) in [5.74, 6) is -1.48. The molecule has 0 spiro atoms. The number of nitrogens with one attached hydrogen (secondary N) is 1. The third-order valence-corrected chi connectivity index (χ3v) is 4.56. The fourth-order valence-electron chi connectivity index (χ4n) is 2.11. The Kier molecular flexibility index (Phi) is 5.18. The van der Waals surface area contributed by atoms with Gasteiger partial charge in [0.25, 0.3) is 15.0 Å². The van der Waals surface area contributed by atoms with Crippen LogP contribution in [-0.4, -0.2) is 33.6 Å². The van der Waals surface area contributed by atoms with Crippen molar-refractivity contribution in [3.05, 3.63) is 29.6 Å². The average Bonchev–Trinajstić information content (AvgIpc) is 2.45. The molecule has 1 amide bonds. The number of benzene rings is 1. The SMILES string of the molecule is O=C(NCC1CCCCO1)c1ccc(F)c(S(=O)(=O)Cl)c1. The lowest BCUT2D eigenvalue weighted by molar-refractivity contribution is 0.0169. The highest BCUT2D eigenvalue weighted by Gasteiger charge is 2.20. The van der Waals surface area contributed by atoms with Gasteiger partial charge >= 0.3 is 0 Å². The molecule has 1 N–H and O–H groups in total. The van der Waals surface area contributed by atoms with Gasteiger partial charge < -0.3 is 10.1 Å². The van der Waals surface area contributed by atoms with Crippen LogP contribution in [0, 0.1) is 5.82 Å². The lowest BCUT2D eigenvalue weighted by Gasteiger charge is -2.22. The number of hydrogen-bond donors (Lipinski definition) is 1. The lowest BCUT2D eigenvalue weighted by atomic mass is 10.1. The summed E-state index contributed by atoms with van der Waals surface area (Å²) in [5, 5.41) is 2.64. The highest BCUT2D eigenvalue weighted by molar-refractivity contribution is 8.13. The van der Waals surface area contributed by atoms with Crippen molar-refractivity contribution in [2.45, 2.75) is 30.3 Å². The number of ether oxygens (including phenoxy) is 1. The van der Waals surface area contributed by atoms with E-state index in [0.717, 1.165) is 31.4 Å². The van der Waals surface area contributed by atoms with Crippen molar-refractivity contribution in [3.63, 3.8) is 0 Å². The third kappa shape index (κ3) is 4.39. The molecular weight excluding hydrogens is 321 g/mol. The van der Waals surface area contributed by atoms with Crippen LogP contribution in [0.5, 0.6) is 0 Å². The van der Waals surface area contributed by atoms with E-state index in [1.165, 1.54) is 6.07 Å². The molecule has 21 heavy (non-hydrogen) atoms. The van der Waals surface area contributed by atoms with Crippen molar-refractivity contribution in [2.24, 2.45) is 0 Å². The summed E-state index contributed by atoms with van der Waals surface area (Å²) in [7, 11) is 0.887. The number of carbonyl (C=O) groups is 1. The van der Waals surface area contributed by atoms with Crippen LogP contribution in [0.25, 0.3) is 0 Å². The van der Waals surface area contributed by atoms with Crippen LogP contribution in [0.2, 0.25) is 0 Å². The number of halogens is 2. The molecule has 1 aliphatic rings. The second kappa shape index (κ2) is 6.72. The monoisotopic (exact) mass is 335 g/mol. The van der Waals surface area contributed by atoms with E-state index in [2.05, 4.69) is 5.32 Å². The molecule has 0 aromatic heterocycles. The van der Waals surface area contributed by atoms with Crippen molar-refractivity contribution < 1.29 is 22.3 Å². The Bertz CT molecular complexity index is 629. The number of rotatable bonds is 4. The van der Waals surface area contributed by atoms with Crippen molar-refractivity contribution in [3.8, 4) is 0 Å². The van der Waals surface area contributed by atoms with Crippen molar-refractivity contribution in [1.29, 1.82) is 0 Å². The van der Waals surface area contributed by atoms with E-state index in [0.29, 0.717) is 13.2 Å². The molecule has 1 aromatic rings. The first-order chi connectivity index (χ1) is 9.88. The van der Waals surface area contributed by atoms with Crippen molar-refractivity contribution in [1.82, 2.24) is 5.32 Å². The quantitative estimate of drug-likeness (QED) is 0.855. The fourth-order valence-corrected chi connectivity index (χ4v) is 3.03. The van der Waals surface area contributed by atoms with Gasteiger partial charge in [0.05, 0.1) is 6.10 Å². The van der Waals surface area contributed by atoms with Gasteiger partial charge in [-0.1, -0.05) is 0 Å². The maximum Gasteiger partial charge on any atom is 0.264 e. The Balaban J connectivity index is 2.05. The van der Waals surface area contributed by atoms with E-state index in [4.69, 9.17) is 15.4 Å². The molecule has 1 atom stereocenters. The Hall–Kier alpha value is -1.18. The summed E-state index contributed by atoms with van der Waals surface area (Å²) in [5.41, 5.74) is 0.0337. The number of carbonyl (C=O) groups excluding carboxylic acids is 1. The van der Waals surface area contributed by atoms with Crippen LogP contribution < -0.4 is 5.32 Å². The van der Waals surface area contributed by atoms with Gasteiger partial charge in [-0.15, -0.1) is 0 Å². The number of amides is 1. The van der Waals surface area contributed by atoms with E-state index >= 15 is 0 Å². The predicted octanol–water partition coefficient (Wildman–Crippen LogP) is 2.05. The van der Waals surface area contributed by atoms with E-state index in [-0.39, 0.29) is 11.7 Å². The normalized spacial score (nSPS) is 19.2. The average molecular weight is 336 g/mol. The molecule has 0 aliphatic carbocycles. The Morgan fingerprint density at radius 3 is 2.81 bits per heavy atom. The summed E-state index contributed by atoms with van der Waals surface area (Å²) in [6, 6.07) is 3.04. The zero-order valence-corrected chi connectivity index (χ0v) is 12.7. The molecule has 0 bridgehead atoms. The van der Waals surface area contributed by atoms with E-state index < -0.39 is 25.7 Å². The molecule has 1 aliphatic heterocycles. The summed E-state index contributed by atoms with van der Waals surface area (Å²) in [6.07, 6.45) is 2.88. The van der Waals surface area contributed by atoms with E-state index in [1.54, 1.807) is 0 Å². The maximum atomic E-state index is 13.4. The lowest BCUT2D eigenvalue weighted by Crippen LogP contribution is -2.35. The molecule has 1 saturated heterocycles. The van der Waals surface area contributed by atoms with Crippen LogP contribution in [-0.2, 0) is 13.8 Å². The predicted molar refractivity (Wildman–Crippen MR) is 75.4 cm³/mol. The van der Waals surface area contributed by atoms with Crippen LogP contribution in [0.4, 0.5) is 4.39 Å². The standard InChI is InChI=1S/C13H15ClFNO4S/c14-21(18,19)12-7-9(4-5-11(12)15)13(17)16-8-10-3-1-2-6-20-10/h4-5,7,10H,1-3,6,8H2,(H,16,17). The smallest absolute Gasteiger partial charge is 0.264 e. The molecular formula is C13H15ClFNO4S. The number of hydrogen-bond acceptors (Lipinski definition) is 4. The molecule has 8 heteroatoms. The molecule has 1 heterocycles. The second-order valence-electron chi connectivity index (χ2n) is 4.78. The molecule has 116 valence electrons. The molecule has 0 saturated carbocycles. The molecule has 1 unspecified atom stereocenters. The first-order valence-electron chi connectivity index (χ1n) is 6.52. The summed E-state index contributed by atoms with van der Waals surface area (Å²) in [6.45, 7) is 1.00. The molecule has 5 nitrogen and oxygen atoms in total. The van der Waals surface area contributed by atoms with Gasteiger partial charge in [0.1, 0.15) is 10.7 Å². The minimum Gasteiger partial charge on any atom is -0.376 e. The Morgan fingerprint density at radius 2 is 2.19 bits per heavy atom. The van der Waals surface area contributed by atoms with Crippen molar-refractivity contribution >= 4 is 25.6 Å². The molecule has 1 fully saturated rings. The van der Waals surface area contributed by atoms with Gasteiger partial charge in [0.2, 0.25) is 0 Å². The van der Waals surface area contributed by atoms with Gasteiger partial charge in [0, 0.05) is 29.4 Å². The van der Waals surface area contributed by atoms with Gasteiger partial charge in [0.15, 0.2) is 0 Å². The zero-order valence-electron chi connectivity index (χ0n) is 11.1. The van der Waals surface area contributed by atoms with Gasteiger partial charge in [-0.05, 0) is 37.5 Å². The Morgan fingerprint density at radius 1 is 1.43 bits per heavy atom. The molecule has 2 rings (SSSR count). The third-order valence-electron chi connectivity index (χ3n) is 3.22. The second-order valence-corrected chi connectivity index (χ2v) is 7.32. The van der Waals surface area contributed by atoms with E-state index in [9.17, 15) is 17.6 Å². The first kappa shape index (κ1) is 16.2. The highest BCUT2D eigenvalue weighted by Crippen LogP contribution is 2.20. The van der Waals surface area contributed by atoms with Crippen molar-refractivity contribution in [2.75, 3.05) is 13.2 Å².